The molecule has 0 radical (unpaired) electrons. The summed E-state index contributed by atoms with van der Waals surface area (Å²) < 4.78 is 0. The number of halogens is 1. The van der Waals surface area contributed by atoms with E-state index in [4.69, 9.17) is 4.98 Å². The quantitative estimate of drug-likeness (QED) is 0.836. The summed E-state index contributed by atoms with van der Waals surface area (Å²) in [5.41, 5.74) is 2.09. The largest absolute Gasteiger partial charge is 0.316 e. The van der Waals surface area contributed by atoms with Gasteiger partial charge in [0.05, 0.1) is 5.69 Å². The summed E-state index contributed by atoms with van der Waals surface area (Å²) in [5.74, 6) is 0.901. The molecule has 1 fully saturated rings. The van der Waals surface area contributed by atoms with Crippen LogP contribution in [0.4, 0.5) is 5.13 Å². The average molecular weight is 366 g/mol. The molecule has 1 aliphatic rings. The maximum absolute atomic E-state index is 12.4. The number of nitrogens with zero attached hydrogens (tertiary/aromatic N) is 1. The lowest BCUT2D eigenvalue weighted by molar-refractivity contribution is -0.121. The summed E-state index contributed by atoms with van der Waals surface area (Å²) >= 11 is 1.59. The number of thiazole rings is 1. The zero-order chi connectivity index (χ0) is 16.4. The first-order valence-electron chi connectivity index (χ1n) is 8.14. The number of benzene rings is 1. The molecule has 1 amide bonds. The van der Waals surface area contributed by atoms with Gasteiger partial charge in [0.1, 0.15) is 0 Å². The van der Waals surface area contributed by atoms with E-state index >= 15 is 0 Å². The van der Waals surface area contributed by atoms with Crippen LogP contribution in [0.5, 0.6) is 0 Å². The lowest BCUT2D eigenvalue weighted by Gasteiger charge is -2.31. The SMILES string of the molecule is CC(C)c1sc(NC(=O)C(C)C2CNC2)nc1-c1ccccc1.Cl. The van der Waals surface area contributed by atoms with Crippen LogP contribution >= 0.6 is 23.7 Å². The Morgan fingerprint density at radius 3 is 2.46 bits per heavy atom. The molecular weight excluding hydrogens is 342 g/mol. The van der Waals surface area contributed by atoms with E-state index in [9.17, 15) is 4.79 Å². The maximum atomic E-state index is 12.4. The Morgan fingerprint density at radius 1 is 1.25 bits per heavy atom. The number of carbonyl (C=O) groups is 1. The highest BCUT2D eigenvalue weighted by atomic mass is 35.5. The van der Waals surface area contributed by atoms with Crippen molar-refractivity contribution in [2.24, 2.45) is 11.8 Å². The first kappa shape index (κ1) is 18.9. The second kappa shape index (κ2) is 8.10. The lowest BCUT2D eigenvalue weighted by atomic mass is 9.88. The van der Waals surface area contributed by atoms with Crippen molar-refractivity contribution in [1.29, 1.82) is 0 Å². The number of hydrogen-bond acceptors (Lipinski definition) is 4. The van der Waals surface area contributed by atoms with Crippen molar-refractivity contribution >= 4 is 34.8 Å². The maximum Gasteiger partial charge on any atom is 0.229 e. The van der Waals surface area contributed by atoms with E-state index in [0.29, 0.717) is 17.0 Å². The molecule has 6 heteroatoms. The number of amides is 1. The Balaban J connectivity index is 0.00000208. The molecular formula is C18H24ClN3OS. The smallest absolute Gasteiger partial charge is 0.229 e. The minimum absolute atomic E-state index is 0. The van der Waals surface area contributed by atoms with Crippen molar-refractivity contribution in [1.82, 2.24) is 10.3 Å². The fraction of sp³-hybridized carbons (Fsp3) is 0.444. The zero-order valence-electron chi connectivity index (χ0n) is 14.2. The molecule has 1 aliphatic heterocycles. The van der Waals surface area contributed by atoms with Crippen LogP contribution < -0.4 is 10.6 Å². The molecule has 2 aromatic rings. The minimum Gasteiger partial charge on any atom is -0.316 e. The van der Waals surface area contributed by atoms with Crippen LogP contribution in [-0.4, -0.2) is 24.0 Å². The number of aromatic nitrogens is 1. The minimum atomic E-state index is 0. The molecule has 0 aliphatic carbocycles. The van der Waals surface area contributed by atoms with Crippen LogP contribution in [0.3, 0.4) is 0 Å². The van der Waals surface area contributed by atoms with Gasteiger partial charge in [0.15, 0.2) is 5.13 Å². The molecule has 2 heterocycles. The Labute approximate surface area is 153 Å². The zero-order valence-corrected chi connectivity index (χ0v) is 15.8. The van der Waals surface area contributed by atoms with Crippen molar-refractivity contribution < 1.29 is 4.79 Å². The number of nitrogens with one attached hydrogen (secondary N) is 2. The Bertz CT molecular complexity index is 683. The van der Waals surface area contributed by atoms with Gasteiger partial charge in [-0.15, -0.1) is 23.7 Å². The van der Waals surface area contributed by atoms with Gasteiger partial charge in [-0.25, -0.2) is 4.98 Å². The lowest BCUT2D eigenvalue weighted by Crippen LogP contribution is -2.48. The van der Waals surface area contributed by atoms with Gasteiger partial charge in [-0.05, 0) is 24.9 Å². The molecule has 0 saturated carbocycles. The molecule has 3 rings (SSSR count). The number of carbonyl (C=O) groups excluding carboxylic acids is 1. The molecule has 1 aromatic heterocycles. The monoisotopic (exact) mass is 365 g/mol. The topological polar surface area (TPSA) is 54.0 Å². The van der Waals surface area contributed by atoms with Gasteiger partial charge in [-0.3, -0.25) is 4.79 Å². The van der Waals surface area contributed by atoms with E-state index in [2.05, 4.69) is 36.6 Å². The summed E-state index contributed by atoms with van der Waals surface area (Å²) in [6.45, 7) is 8.18. The third-order valence-electron chi connectivity index (χ3n) is 4.39. The van der Waals surface area contributed by atoms with Gasteiger partial charge in [0, 0.05) is 16.4 Å². The van der Waals surface area contributed by atoms with E-state index in [-0.39, 0.29) is 24.2 Å². The number of rotatable bonds is 5. The Hall–Kier alpha value is -1.43. The highest BCUT2D eigenvalue weighted by molar-refractivity contribution is 7.16. The van der Waals surface area contributed by atoms with Crippen LogP contribution in [0.15, 0.2) is 30.3 Å². The third kappa shape index (κ3) is 3.97. The molecule has 130 valence electrons. The van der Waals surface area contributed by atoms with E-state index < -0.39 is 0 Å². The van der Waals surface area contributed by atoms with E-state index in [1.165, 1.54) is 4.88 Å². The molecule has 1 unspecified atom stereocenters. The summed E-state index contributed by atoms with van der Waals surface area (Å²) in [4.78, 5) is 18.3. The van der Waals surface area contributed by atoms with Crippen molar-refractivity contribution in [3.8, 4) is 11.3 Å². The summed E-state index contributed by atoms with van der Waals surface area (Å²) in [5, 5.41) is 6.94. The Kier molecular flexibility index (Phi) is 6.38. The molecule has 4 nitrogen and oxygen atoms in total. The van der Waals surface area contributed by atoms with E-state index in [1.807, 2.05) is 25.1 Å². The third-order valence-corrected chi connectivity index (χ3v) is 5.66. The predicted molar refractivity (Wildman–Crippen MR) is 103 cm³/mol. The van der Waals surface area contributed by atoms with Crippen LogP contribution in [-0.2, 0) is 4.79 Å². The Morgan fingerprint density at radius 2 is 1.92 bits per heavy atom. The van der Waals surface area contributed by atoms with Gasteiger partial charge >= 0.3 is 0 Å². The highest BCUT2D eigenvalue weighted by Crippen LogP contribution is 2.36. The van der Waals surface area contributed by atoms with E-state index in [0.717, 1.165) is 24.3 Å². The number of hydrogen-bond donors (Lipinski definition) is 2. The molecule has 1 aromatic carbocycles. The van der Waals surface area contributed by atoms with Crippen molar-refractivity contribution in [3.05, 3.63) is 35.2 Å². The fourth-order valence-electron chi connectivity index (χ4n) is 2.68. The number of anilines is 1. The molecule has 24 heavy (non-hydrogen) atoms. The summed E-state index contributed by atoms with van der Waals surface area (Å²) in [7, 11) is 0. The highest BCUT2D eigenvalue weighted by Gasteiger charge is 2.29. The van der Waals surface area contributed by atoms with Crippen LogP contribution in [0.2, 0.25) is 0 Å². The van der Waals surface area contributed by atoms with Gasteiger partial charge < -0.3 is 10.6 Å². The van der Waals surface area contributed by atoms with Crippen molar-refractivity contribution in [3.63, 3.8) is 0 Å². The predicted octanol–water partition coefficient (Wildman–Crippen LogP) is 4.15. The molecule has 1 saturated heterocycles. The standard InChI is InChI=1S/C18H23N3OS.ClH/c1-11(2)16-15(13-7-5-4-6-8-13)20-18(23-16)21-17(22)12(3)14-9-19-10-14;/h4-8,11-12,14,19H,9-10H2,1-3H3,(H,20,21,22);1H. The van der Waals surface area contributed by atoms with Gasteiger partial charge in [-0.2, -0.15) is 0 Å². The molecule has 1 atom stereocenters. The average Bonchev–Trinajstić information content (AvgIpc) is 2.90. The van der Waals surface area contributed by atoms with Crippen molar-refractivity contribution in [2.45, 2.75) is 26.7 Å². The van der Waals surface area contributed by atoms with Crippen molar-refractivity contribution in [2.75, 3.05) is 18.4 Å². The first-order valence-corrected chi connectivity index (χ1v) is 8.95. The normalized spacial score (nSPS) is 15.5. The molecule has 0 spiro atoms. The fourth-order valence-corrected chi connectivity index (χ4v) is 3.67. The van der Waals surface area contributed by atoms with Crippen LogP contribution in [0.25, 0.3) is 11.3 Å². The second-order valence-corrected chi connectivity index (χ2v) is 7.48. The first-order chi connectivity index (χ1) is 11.1. The van der Waals surface area contributed by atoms with Gasteiger partial charge in [0.2, 0.25) is 5.91 Å². The molecule has 0 bridgehead atoms. The van der Waals surface area contributed by atoms with E-state index in [1.54, 1.807) is 11.3 Å². The van der Waals surface area contributed by atoms with Crippen LogP contribution in [0.1, 0.15) is 31.6 Å². The van der Waals surface area contributed by atoms with Crippen LogP contribution in [0, 0.1) is 11.8 Å². The summed E-state index contributed by atoms with van der Waals surface area (Å²) in [6, 6.07) is 10.2. The second-order valence-electron chi connectivity index (χ2n) is 6.45. The van der Waals surface area contributed by atoms with Gasteiger partial charge in [0.25, 0.3) is 0 Å². The summed E-state index contributed by atoms with van der Waals surface area (Å²) in [6.07, 6.45) is 0. The van der Waals surface area contributed by atoms with Gasteiger partial charge in [-0.1, -0.05) is 51.1 Å². The molecule has 2 N–H and O–H groups in total.